The van der Waals surface area contributed by atoms with Crippen LogP contribution in [0.15, 0.2) is 30.3 Å². The summed E-state index contributed by atoms with van der Waals surface area (Å²) in [6.45, 7) is 5.50. The fourth-order valence-electron chi connectivity index (χ4n) is 2.96. The first kappa shape index (κ1) is 12.6. The van der Waals surface area contributed by atoms with Crippen LogP contribution in [0.25, 0.3) is 0 Å². The van der Waals surface area contributed by atoms with E-state index in [1.54, 1.807) is 0 Å². The molecule has 1 aromatic rings. The van der Waals surface area contributed by atoms with E-state index in [0.717, 1.165) is 12.1 Å². The second kappa shape index (κ2) is 5.65. The lowest BCUT2D eigenvalue weighted by atomic mass is 9.80. The van der Waals surface area contributed by atoms with Gasteiger partial charge in [-0.15, -0.1) is 0 Å². The zero-order chi connectivity index (χ0) is 12.3. The molecule has 1 saturated heterocycles. The van der Waals surface area contributed by atoms with Gasteiger partial charge in [0, 0.05) is 12.0 Å². The number of aliphatic hydroxyl groups is 1. The topological polar surface area (TPSA) is 32.3 Å². The van der Waals surface area contributed by atoms with E-state index < -0.39 is 0 Å². The van der Waals surface area contributed by atoms with Crippen LogP contribution < -0.4 is 5.32 Å². The smallest absolute Gasteiger partial charge is 0.0835 e. The molecule has 94 valence electrons. The Kier molecular flexibility index (Phi) is 4.19. The van der Waals surface area contributed by atoms with Crippen LogP contribution in [-0.4, -0.2) is 17.7 Å². The van der Waals surface area contributed by atoms with Gasteiger partial charge in [0.15, 0.2) is 0 Å². The first-order chi connectivity index (χ1) is 8.20. The molecule has 0 aromatic heterocycles. The minimum Gasteiger partial charge on any atom is -0.388 e. The summed E-state index contributed by atoms with van der Waals surface area (Å²) in [7, 11) is 0. The predicted molar refractivity (Wildman–Crippen MR) is 70.8 cm³/mol. The monoisotopic (exact) mass is 233 g/mol. The summed E-state index contributed by atoms with van der Waals surface area (Å²) in [5.74, 6) is 0.792. The molecule has 0 aliphatic carbocycles. The van der Waals surface area contributed by atoms with Crippen LogP contribution in [-0.2, 0) is 0 Å². The van der Waals surface area contributed by atoms with Crippen molar-refractivity contribution >= 4 is 0 Å². The summed E-state index contributed by atoms with van der Waals surface area (Å²) < 4.78 is 0. The lowest BCUT2D eigenvalue weighted by molar-refractivity contribution is 0.0599. The van der Waals surface area contributed by atoms with Crippen molar-refractivity contribution in [1.82, 2.24) is 5.32 Å². The zero-order valence-electron chi connectivity index (χ0n) is 10.8. The van der Waals surface area contributed by atoms with Gasteiger partial charge in [-0.25, -0.2) is 0 Å². The van der Waals surface area contributed by atoms with Crippen LogP contribution in [0, 0.1) is 11.8 Å². The Hall–Kier alpha value is -0.860. The van der Waals surface area contributed by atoms with Gasteiger partial charge in [-0.05, 0) is 30.9 Å². The van der Waals surface area contributed by atoms with Crippen LogP contribution in [0.4, 0.5) is 0 Å². The number of benzene rings is 1. The van der Waals surface area contributed by atoms with E-state index >= 15 is 0 Å². The van der Waals surface area contributed by atoms with Gasteiger partial charge in [-0.1, -0.05) is 44.2 Å². The first-order valence-corrected chi connectivity index (χ1v) is 6.66. The van der Waals surface area contributed by atoms with E-state index in [9.17, 15) is 5.11 Å². The minimum atomic E-state index is -0.355. The number of aliphatic hydroxyl groups excluding tert-OH is 1. The van der Waals surface area contributed by atoms with Gasteiger partial charge in [-0.3, -0.25) is 0 Å². The molecule has 0 bridgehead atoms. The van der Waals surface area contributed by atoms with Crippen LogP contribution in [0.2, 0.25) is 0 Å². The molecule has 17 heavy (non-hydrogen) atoms. The third-order valence-corrected chi connectivity index (χ3v) is 3.84. The highest BCUT2D eigenvalue weighted by Gasteiger charge is 2.33. The predicted octanol–water partition coefficient (Wildman–Crippen LogP) is 2.74. The Morgan fingerprint density at radius 2 is 1.94 bits per heavy atom. The highest BCUT2D eigenvalue weighted by Crippen LogP contribution is 2.33. The summed E-state index contributed by atoms with van der Waals surface area (Å²) in [5.41, 5.74) is 1.04. The Balaban J connectivity index is 2.15. The van der Waals surface area contributed by atoms with Crippen LogP contribution in [0.5, 0.6) is 0 Å². The maximum Gasteiger partial charge on any atom is 0.0835 e. The van der Waals surface area contributed by atoms with Gasteiger partial charge in [0.2, 0.25) is 0 Å². The molecule has 1 fully saturated rings. The van der Waals surface area contributed by atoms with Crippen molar-refractivity contribution in [1.29, 1.82) is 0 Å². The van der Waals surface area contributed by atoms with Crippen molar-refractivity contribution in [3.8, 4) is 0 Å². The maximum atomic E-state index is 10.6. The first-order valence-electron chi connectivity index (χ1n) is 6.66. The van der Waals surface area contributed by atoms with Crippen LogP contribution in [0.1, 0.15) is 38.4 Å². The highest BCUT2D eigenvalue weighted by molar-refractivity contribution is 5.18. The van der Waals surface area contributed by atoms with E-state index in [1.807, 2.05) is 30.3 Å². The van der Waals surface area contributed by atoms with Gasteiger partial charge in [0.05, 0.1) is 6.10 Å². The van der Waals surface area contributed by atoms with Gasteiger partial charge >= 0.3 is 0 Å². The average Bonchev–Trinajstić information content (AvgIpc) is 2.83. The zero-order valence-corrected chi connectivity index (χ0v) is 10.8. The second-order valence-corrected chi connectivity index (χ2v) is 5.38. The Morgan fingerprint density at radius 1 is 1.24 bits per heavy atom. The van der Waals surface area contributed by atoms with Crippen molar-refractivity contribution in [3.63, 3.8) is 0 Å². The highest BCUT2D eigenvalue weighted by atomic mass is 16.3. The molecule has 0 spiro atoms. The number of hydrogen-bond donors (Lipinski definition) is 2. The fraction of sp³-hybridized carbons (Fsp3) is 0.600. The lowest BCUT2D eigenvalue weighted by Gasteiger charge is -2.32. The molecule has 2 nitrogen and oxygen atoms in total. The molecule has 0 radical (unpaired) electrons. The fourth-order valence-corrected chi connectivity index (χ4v) is 2.96. The molecule has 3 atom stereocenters. The van der Waals surface area contributed by atoms with E-state index in [-0.39, 0.29) is 6.10 Å². The third kappa shape index (κ3) is 2.88. The summed E-state index contributed by atoms with van der Waals surface area (Å²) in [6.07, 6.45) is 2.06. The van der Waals surface area contributed by atoms with E-state index in [1.165, 1.54) is 12.8 Å². The maximum absolute atomic E-state index is 10.6. The number of nitrogens with one attached hydrogen (secondary N) is 1. The molecule has 3 unspecified atom stereocenters. The molecular weight excluding hydrogens is 210 g/mol. The van der Waals surface area contributed by atoms with E-state index in [2.05, 4.69) is 19.2 Å². The van der Waals surface area contributed by atoms with Gasteiger partial charge in [0.25, 0.3) is 0 Å². The normalized spacial score (nSPS) is 23.9. The lowest BCUT2D eigenvalue weighted by Crippen LogP contribution is -2.37. The van der Waals surface area contributed by atoms with Gasteiger partial charge in [0.1, 0.15) is 0 Å². The van der Waals surface area contributed by atoms with Crippen molar-refractivity contribution in [2.75, 3.05) is 6.54 Å². The molecule has 1 aliphatic rings. The molecule has 1 heterocycles. The largest absolute Gasteiger partial charge is 0.388 e. The van der Waals surface area contributed by atoms with Crippen molar-refractivity contribution in [3.05, 3.63) is 35.9 Å². The standard InChI is InChI=1S/C15H23NO/c1-11(2)14(13-9-6-10-16-13)15(17)12-7-4-3-5-8-12/h3-5,7-8,11,13-17H,6,9-10H2,1-2H3. The average molecular weight is 233 g/mol. The Morgan fingerprint density at radius 3 is 2.47 bits per heavy atom. The summed E-state index contributed by atoms with van der Waals surface area (Å²) in [6, 6.07) is 10.5. The molecule has 2 N–H and O–H groups in total. The molecule has 0 amide bonds. The van der Waals surface area contributed by atoms with E-state index in [0.29, 0.717) is 17.9 Å². The van der Waals surface area contributed by atoms with Gasteiger partial charge < -0.3 is 10.4 Å². The van der Waals surface area contributed by atoms with Gasteiger partial charge in [-0.2, -0.15) is 0 Å². The van der Waals surface area contributed by atoms with Crippen LogP contribution >= 0.6 is 0 Å². The Bertz CT molecular complexity index is 330. The molecule has 1 aromatic carbocycles. The van der Waals surface area contributed by atoms with Crippen molar-refractivity contribution in [2.24, 2.45) is 11.8 Å². The number of rotatable bonds is 4. The molecular formula is C15H23NO. The van der Waals surface area contributed by atoms with Crippen LogP contribution in [0.3, 0.4) is 0 Å². The molecule has 2 rings (SSSR count). The summed E-state index contributed by atoms with van der Waals surface area (Å²) in [4.78, 5) is 0. The molecule has 1 aliphatic heterocycles. The summed E-state index contributed by atoms with van der Waals surface area (Å²) in [5, 5.41) is 14.1. The minimum absolute atomic E-state index is 0.305. The van der Waals surface area contributed by atoms with Crippen molar-refractivity contribution < 1.29 is 5.11 Å². The van der Waals surface area contributed by atoms with Crippen molar-refractivity contribution in [2.45, 2.75) is 38.8 Å². The SMILES string of the molecule is CC(C)C(C1CCCN1)C(O)c1ccccc1. The summed E-state index contributed by atoms with van der Waals surface area (Å²) >= 11 is 0. The molecule has 0 saturated carbocycles. The van der Waals surface area contributed by atoms with E-state index in [4.69, 9.17) is 0 Å². The number of hydrogen-bond acceptors (Lipinski definition) is 2. The third-order valence-electron chi connectivity index (χ3n) is 3.84. The Labute approximate surface area is 104 Å². The quantitative estimate of drug-likeness (QED) is 0.838. The molecule has 2 heteroatoms. The second-order valence-electron chi connectivity index (χ2n) is 5.38.